The number of nitrogens with two attached hydrogens (primary N) is 1. The monoisotopic (exact) mass is 267 g/mol. The molecule has 0 saturated heterocycles. The predicted molar refractivity (Wildman–Crippen MR) is 78.7 cm³/mol. The summed E-state index contributed by atoms with van der Waals surface area (Å²) in [5.74, 6) is 0.729. The van der Waals surface area contributed by atoms with Crippen molar-refractivity contribution in [2.45, 2.75) is 6.54 Å². The van der Waals surface area contributed by atoms with Gasteiger partial charge in [0.15, 0.2) is 5.82 Å². The summed E-state index contributed by atoms with van der Waals surface area (Å²) in [7, 11) is 0. The van der Waals surface area contributed by atoms with Gasteiger partial charge in [-0.05, 0) is 17.5 Å². The minimum Gasteiger partial charge on any atom is -0.325 e. The van der Waals surface area contributed by atoms with Gasteiger partial charge in [0, 0.05) is 12.1 Å². The van der Waals surface area contributed by atoms with Gasteiger partial charge in [0.25, 0.3) is 0 Å². The maximum atomic E-state index is 5.73. The van der Waals surface area contributed by atoms with Crippen molar-refractivity contribution < 1.29 is 0 Å². The van der Waals surface area contributed by atoms with E-state index in [0.717, 1.165) is 27.7 Å². The molecule has 0 unspecified atom stereocenters. The molecule has 94 valence electrons. The van der Waals surface area contributed by atoms with Crippen LogP contribution in [-0.2, 0) is 6.54 Å². The first-order chi connectivity index (χ1) is 9.36. The van der Waals surface area contributed by atoms with Gasteiger partial charge < -0.3 is 5.73 Å². The van der Waals surface area contributed by atoms with Gasteiger partial charge in [0.1, 0.15) is 0 Å². The Morgan fingerprint density at radius 2 is 1.84 bits per heavy atom. The van der Waals surface area contributed by atoms with Crippen molar-refractivity contribution in [3.8, 4) is 22.0 Å². The molecule has 0 aliphatic heterocycles. The van der Waals surface area contributed by atoms with Crippen LogP contribution < -0.4 is 5.73 Å². The lowest BCUT2D eigenvalue weighted by molar-refractivity contribution is 0.972. The molecule has 2 aromatic heterocycles. The fourth-order valence-electron chi connectivity index (χ4n) is 1.87. The number of benzene rings is 1. The predicted octanol–water partition coefficient (Wildman–Crippen LogP) is 3.33. The molecule has 0 spiro atoms. The highest BCUT2D eigenvalue weighted by molar-refractivity contribution is 7.13. The van der Waals surface area contributed by atoms with Gasteiger partial charge in [0.05, 0.1) is 16.3 Å². The highest BCUT2D eigenvalue weighted by atomic mass is 32.1. The van der Waals surface area contributed by atoms with Crippen LogP contribution in [0.15, 0.2) is 53.9 Å². The molecule has 0 aliphatic rings. The highest BCUT2D eigenvalue weighted by Gasteiger charge is 2.08. The van der Waals surface area contributed by atoms with E-state index in [1.54, 1.807) is 11.3 Å². The van der Waals surface area contributed by atoms with Gasteiger partial charge in [0.2, 0.25) is 0 Å². The average molecular weight is 267 g/mol. The van der Waals surface area contributed by atoms with Crippen LogP contribution in [-0.4, -0.2) is 9.97 Å². The zero-order chi connectivity index (χ0) is 13.1. The van der Waals surface area contributed by atoms with Gasteiger partial charge in [-0.15, -0.1) is 11.3 Å². The molecule has 3 nitrogen and oxygen atoms in total. The van der Waals surface area contributed by atoms with Gasteiger partial charge in [-0.25, -0.2) is 9.97 Å². The third kappa shape index (κ3) is 2.54. The van der Waals surface area contributed by atoms with Crippen LogP contribution >= 0.6 is 11.3 Å². The molecule has 0 atom stereocenters. The molecule has 2 heterocycles. The number of thiophene rings is 1. The SMILES string of the molecule is NCc1cc(-c2cccs2)nc(-c2ccccc2)n1. The van der Waals surface area contributed by atoms with Crippen LogP contribution in [0.1, 0.15) is 5.69 Å². The lowest BCUT2D eigenvalue weighted by Gasteiger charge is -2.06. The van der Waals surface area contributed by atoms with E-state index < -0.39 is 0 Å². The van der Waals surface area contributed by atoms with Gasteiger partial charge >= 0.3 is 0 Å². The van der Waals surface area contributed by atoms with Crippen molar-refractivity contribution in [3.05, 3.63) is 59.6 Å². The molecule has 0 bridgehead atoms. The van der Waals surface area contributed by atoms with Crippen molar-refractivity contribution in [2.24, 2.45) is 5.73 Å². The first-order valence-corrected chi connectivity index (χ1v) is 6.92. The second-order valence-corrected chi connectivity index (χ2v) is 5.06. The van der Waals surface area contributed by atoms with Gasteiger partial charge in [-0.1, -0.05) is 36.4 Å². The number of nitrogens with zero attached hydrogens (tertiary/aromatic N) is 2. The van der Waals surface area contributed by atoms with Crippen molar-refractivity contribution in [1.29, 1.82) is 0 Å². The Labute approximate surface area is 115 Å². The molecule has 19 heavy (non-hydrogen) atoms. The molecule has 0 aliphatic carbocycles. The largest absolute Gasteiger partial charge is 0.325 e. The van der Waals surface area contributed by atoms with Crippen LogP contribution in [0.25, 0.3) is 22.0 Å². The lowest BCUT2D eigenvalue weighted by atomic mass is 10.2. The van der Waals surface area contributed by atoms with E-state index in [0.29, 0.717) is 6.54 Å². The minimum absolute atomic E-state index is 0.417. The fourth-order valence-corrected chi connectivity index (χ4v) is 2.56. The van der Waals surface area contributed by atoms with E-state index in [1.165, 1.54) is 0 Å². The van der Waals surface area contributed by atoms with Crippen LogP contribution in [0.4, 0.5) is 0 Å². The summed E-state index contributed by atoms with van der Waals surface area (Å²) >= 11 is 1.67. The normalized spacial score (nSPS) is 10.6. The van der Waals surface area contributed by atoms with Crippen LogP contribution in [0.5, 0.6) is 0 Å². The van der Waals surface area contributed by atoms with Crippen molar-refractivity contribution >= 4 is 11.3 Å². The summed E-state index contributed by atoms with van der Waals surface area (Å²) in [5.41, 5.74) is 8.54. The summed E-state index contributed by atoms with van der Waals surface area (Å²) in [6.45, 7) is 0.417. The van der Waals surface area contributed by atoms with Crippen LogP contribution in [0, 0.1) is 0 Å². The molecular weight excluding hydrogens is 254 g/mol. The van der Waals surface area contributed by atoms with E-state index in [1.807, 2.05) is 47.8 Å². The second kappa shape index (κ2) is 5.30. The van der Waals surface area contributed by atoms with Crippen molar-refractivity contribution in [1.82, 2.24) is 9.97 Å². The van der Waals surface area contributed by atoms with E-state index in [2.05, 4.69) is 16.0 Å². The third-order valence-corrected chi connectivity index (χ3v) is 3.69. The summed E-state index contributed by atoms with van der Waals surface area (Å²) < 4.78 is 0. The smallest absolute Gasteiger partial charge is 0.160 e. The number of rotatable bonds is 3. The molecule has 3 rings (SSSR count). The molecule has 3 aromatic rings. The molecule has 0 amide bonds. The van der Waals surface area contributed by atoms with E-state index >= 15 is 0 Å². The second-order valence-electron chi connectivity index (χ2n) is 4.12. The minimum atomic E-state index is 0.417. The Bertz CT molecular complexity index is 663. The maximum absolute atomic E-state index is 5.73. The van der Waals surface area contributed by atoms with Crippen molar-refractivity contribution in [3.63, 3.8) is 0 Å². The molecule has 4 heteroatoms. The number of aromatic nitrogens is 2. The van der Waals surface area contributed by atoms with E-state index in [4.69, 9.17) is 5.73 Å². The zero-order valence-electron chi connectivity index (χ0n) is 10.3. The Morgan fingerprint density at radius 3 is 2.53 bits per heavy atom. The van der Waals surface area contributed by atoms with Crippen LogP contribution in [0.3, 0.4) is 0 Å². The lowest BCUT2D eigenvalue weighted by Crippen LogP contribution is -2.03. The quantitative estimate of drug-likeness (QED) is 0.792. The first-order valence-electron chi connectivity index (χ1n) is 6.04. The summed E-state index contributed by atoms with van der Waals surface area (Å²) in [4.78, 5) is 10.3. The van der Waals surface area contributed by atoms with E-state index in [9.17, 15) is 0 Å². The third-order valence-electron chi connectivity index (χ3n) is 2.79. The maximum Gasteiger partial charge on any atom is 0.160 e. The Morgan fingerprint density at radius 1 is 1.00 bits per heavy atom. The number of hydrogen-bond donors (Lipinski definition) is 1. The Balaban J connectivity index is 2.13. The molecular formula is C15H13N3S. The Kier molecular flexibility index (Phi) is 3.35. The van der Waals surface area contributed by atoms with Crippen molar-refractivity contribution in [2.75, 3.05) is 0 Å². The molecule has 0 radical (unpaired) electrons. The molecule has 1 aromatic carbocycles. The van der Waals surface area contributed by atoms with Gasteiger partial charge in [-0.3, -0.25) is 0 Å². The molecule has 0 saturated carbocycles. The Hall–Kier alpha value is -2.04. The number of hydrogen-bond acceptors (Lipinski definition) is 4. The average Bonchev–Trinajstić information content (AvgIpc) is 3.02. The first kappa shape index (κ1) is 12.0. The van der Waals surface area contributed by atoms with Gasteiger partial charge in [-0.2, -0.15) is 0 Å². The fraction of sp³-hybridized carbons (Fsp3) is 0.0667. The zero-order valence-corrected chi connectivity index (χ0v) is 11.1. The molecule has 0 fully saturated rings. The summed E-state index contributed by atoms with van der Waals surface area (Å²) in [5, 5.41) is 2.04. The summed E-state index contributed by atoms with van der Waals surface area (Å²) in [6, 6.07) is 16.0. The topological polar surface area (TPSA) is 51.8 Å². The summed E-state index contributed by atoms with van der Waals surface area (Å²) in [6.07, 6.45) is 0. The highest BCUT2D eigenvalue weighted by Crippen LogP contribution is 2.25. The standard InChI is InChI=1S/C15H13N3S/c16-10-12-9-13(14-7-4-8-19-14)18-15(17-12)11-5-2-1-3-6-11/h1-9H,10,16H2. The van der Waals surface area contributed by atoms with E-state index in [-0.39, 0.29) is 0 Å². The van der Waals surface area contributed by atoms with Crippen LogP contribution in [0.2, 0.25) is 0 Å². The molecule has 2 N–H and O–H groups in total.